The van der Waals surface area contributed by atoms with Gasteiger partial charge in [0, 0.05) is 24.0 Å². The highest BCUT2D eigenvalue weighted by molar-refractivity contribution is 5.96. The average molecular weight is 322 g/mol. The van der Waals surface area contributed by atoms with E-state index in [1.54, 1.807) is 30.3 Å². The van der Waals surface area contributed by atoms with Gasteiger partial charge < -0.3 is 10.0 Å². The van der Waals surface area contributed by atoms with Crippen LogP contribution in [0.3, 0.4) is 0 Å². The molecule has 0 aliphatic carbocycles. The van der Waals surface area contributed by atoms with Crippen molar-refractivity contribution in [2.45, 2.75) is 6.42 Å². The van der Waals surface area contributed by atoms with Crippen LogP contribution in [-0.4, -0.2) is 29.1 Å². The predicted octanol–water partition coefficient (Wildman–Crippen LogP) is 3.95. The lowest BCUT2D eigenvalue weighted by Gasteiger charge is -2.34. The van der Waals surface area contributed by atoms with E-state index in [9.17, 15) is 14.3 Å². The number of hydrogen-bond donors (Lipinski definition) is 1. The largest absolute Gasteiger partial charge is 0.478 e. The van der Waals surface area contributed by atoms with Gasteiger partial charge in [-0.3, -0.25) is 0 Å². The second-order valence-electron chi connectivity index (χ2n) is 5.92. The molecular weight excluding hydrogens is 307 g/mol. The first kappa shape index (κ1) is 14.6. The molecule has 0 unspecified atom stereocenters. The zero-order valence-electron chi connectivity index (χ0n) is 12.9. The van der Waals surface area contributed by atoms with Crippen LogP contribution in [0.25, 0.3) is 22.2 Å². The zero-order chi connectivity index (χ0) is 16.7. The highest BCUT2D eigenvalue weighted by Crippen LogP contribution is 2.35. The molecule has 4 nitrogen and oxygen atoms in total. The maximum absolute atomic E-state index is 13.2. The average Bonchev–Trinajstić information content (AvgIpc) is 2.53. The number of hydrogen-bond acceptors (Lipinski definition) is 3. The molecule has 0 bridgehead atoms. The van der Waals surface area contributed by atoms with Crippen LogP contribution in [0.4, 0.5) is 10.1 Å². The van der Waals surface area contributed by atoms with Gasteiger partial charge in [-0.25, -0.2) is 14.2 Å². The zero-order valence-corrected chi connectivity index (χ0v) is 12.9. The van der Waals surface area contributed by atoms with Crippen LogP contribution in [0.15, 0.2) is 48.5 Å². The third-order valence-electron chi connectivity index (χ3n) is 4.36. The van der Waals surface area contributed by atoms with Gasteiger partial charge in [0.1, 0.15) is 5.82 Å². The van der Waals surface area contributed by atoms with Crippen molar-refractivity contribution in [3.63, 3.8) is 0 Å². The Kier molecular flexibility index (Phi) is 3.41. The van der Waals surface area contributed by atoms with E-state index in [4.69, 9.17) is 4.98 Å². The third kappa shape index (κ3) is 2.48. The topological polar surface area (TPSA) is 53.4 Å². The Labute approximate surface area is 138 Å². The Morgan fingerprint density at radius 1 is 1.08 bits per heavy atom. The molecule has 5 heteroatoms. The van der Waals surface area contributed by atoms with Crippen molar-refractivity contribution in [3.05, 3.63) is 59.9 Å². The molecular formula is C19H15FN2O2. The number of halogens is 1. The minimum absolute atomic E-state index is 0.244. The van der Waals surface area contributed by atoms with Crippen LogP contribution in [0.1, 0.15) is 16.8 Å². The summed E-state index contributed by atoms with van der Waals surface area (Å²) in [5, 5.41) is 9.97. The van der Waals surface area contributed by atoms with Gasteiger partial charge >= 0.3 is 5.97 Å². The van der Waals surface area contributed by atoms with Crippen LogP contribution >= 0.6 is 0 Å². The fourth-order valence-electron chi connectivity index (χ4n) is 2.92. The minimum atomic E-state index is -0.954. The monoisotopic (exact) mass is 322 g/mol. The van der Waals surface area contributed by atoms with E-state index in [0.717, 1.165) is 47.4 Å². The van der Waals surface area contributed by atoms with Crippen LogP contribution in [-0.2, 0) is 0 Å². The van der Waals surface area contributed by atoms with Crippen LogP contribution in [0.5, 0.6) is 0 Å². The standard InChI is InChI=1S/C19H15FN2O2/c20-15-5-2-12(3-6-15)18-17(22-8-1-9-22)11-14-10-13(19(23)24)4-7-16(14)21-18/h2-7,10-11H,1,8-9H2,(H,23,24). The first-order valence-electron chi connectivity index (χ1n) is 7.81. The van der Waals surface area contributed by atoms with Crippen molar-refractivity contribution in [2.24, 2.45) is 0 Å². The number of benzene rings is 2. The van der Waals surface area contributed by atoms with Crippen molar-refractivity contribution in [2.75, 3.05) is 18.0 Å². The summed E-state index contributed by atoms with van der Waals surface area (Å²) in [5.41, 5.74) is 3.58. The summed E-state index contributed by atoms with van der Waals surface area (Å²) in [5.74, 6) is -1.24. The van der Waals surface area contributed by atoms with Gasteiger partial charge in [0.15, 0.2) is 0 Å². The van der Waals surface area contributed by atoms with Crippen LogP contribution in [0.2, 0.25) is 0 Å². The van der Waals surface area contributed by atoms with Gasteiger partial charge in [-0.2, -0.15) is 0 Å². The molecule has 3 aromatic rings. The lowest BCUT2D eigenvalue weighted by molar-refractivity contribution is 0.0697. The number of carboxylic acids is 1. The molecule has 0 radical (unpaired) electrons. The van der Waals surface area contributed by atoms with E-state index < -0.39 is 5.97 Å². The third-order valence-corrected chi connectivity index (χ3v) is 4.36. The van der Waals surface area contributed by atoms with Gasteiger partial charge in [0.05, 0.1) is 22.5 Å². The quantitative estimate of drug-likeness (QED) is 0.793. The maximum Gasteiger partial charge on any atom is 0.335 e. The fraction of sp³-hybridized carbons (Fsp3) is 0.158. The second-order valence-corrected chi connectivity index (χ2v) is 5.92. The smallest absolute Gasteiger partial charge is 0.335 e. The van der Waals surface area contributed by atoms with Gasteiger partial charge in [-0.15, -0.1) is 0 Å². The Hall–Kier alpha value is -2.95. The molecule has 1 saturated heterocycles. The number of aromatic carboxylic acids is 1. The normalized spacial score (nSPS) is 13.8. The van der Waals surface area contributed by atoms with Crippen molar-refractivity contribution in [1.82, 2.24) is 4.98 Å². The molecule has 1 fully saturated rings. The summed E-state index contributed by atoms with van der Waals surface area (Å²) in [6, 6.07) is 13.2. The van der Waals surface area contributed by atoms with Crippen molar-refractivity contribution in [3.8, 4) is 11.3 Å². The number of pyridine rings is 1. The molecule has 120 valence electrons. The summed E-state index contributed by atoms with van der Waals surface area (Å²) in [6.45, 7) is 1.89. The molecule has 1 aliphatic rings. The Morgan fingerprint density at radius 3 is 2.46 bits per heavy atom. The van der Waals surface area contributed by atoms with E-state index in [-0.39, 0.29) is 11.4 Å². The summed E-state index contributed by atoms with van der Waals surface area (Å²) in [6.07, 6.45) is 1.12. The first-order chi connectivity index (χ1) is 11.6. The molecule has 0 spiro atoms. The molecule has 4 rings (SSSR count). The van der Waals surface area contributed by atoms with Gasteiger partial charge in [0.2, 0.25) is 0 Å². The van der Waals surface area contributed by atoms with Gasteiger partial charge in [0.25, 0.3) is 0 Å². The highest BCUT2D eigenvalue weighted by Gasteiger charge is 2.20. The lowest BCUT2D eigenvalue weighted by Crippen LogP contribution is -2.37. The van der Waals surface area contributed by atoms with Crippen molar-refractivity contribution >= 4 is 22.6 Å². The SMILES string of the molecule is O=C(O)c1ccc2nc(-c3ccc(F)cc3)c(N3CCC3)cc2c1. The van der Waals surface area contributed by atoms with Crippen LogP contribution < -0.4 is 4.90 Å². The molecule has 1 aromatic heterocycles. The number of carboxylic acid groups (broad SMARTS) is 1. The molecule has 0 saturated carbocycles. The minimum Gasteiger partial charge on any atom is -0.478 e. The molecule has 0 atom stereocenters. The summed E-state index contributed by atoms with van der Waals surface area (Å²) >= 11 is 0. The van der Waals surface area contributed by atoms with E-state index in [1.165, 1.54) is 12.1 Å². The number of aromatic nitrogens is 1. The summed E-state index contributed by atoms with van der Waals surface area (Å²) < 4.78 is 13.2. The van der Waals surface area contributed by atoms with Crippen molar-refractivity contribution in [1.29, 1.82) is 0 Å². The first-order valence-corrected chi connectivity index (χ1v) is 7.81. The second kappa shape index (κ2) is 5.60. The predicted molar refractivity (Wildman–Crippen MR) is 90.9 cm³/mol. The van der Waals surface area contributed by atoms with E-state index in [2.05, 4.69) is 4.90 Å². The molecule has 1 N–H and O–H groups in total. The Bertz CT molecular complexity index is 934. The summed E-state index contributed by atoms with van der Waals surface area (Å²) in [7, 11) is 0. The van der Waals surface area contributed by atoms with Gasteiger partial charge in [-0.1, -0.05) is 0 Å². The summed E-state index contributed by atoms with van der Waals surface area (Å²) in [4.78, 5) is 18.1. The molecule has 1 aliphatic heterocycles. The number of anilines is 1. The van der Waals surface area contributed by atoms with Gasteiger partial charge in [-0.05, 0) is 55.0 Å². The van der Waals surface area contributed by atoms with E-state index >= 15 is 0 Å². The molecule has 2 aromatic carbocycles. The van der Waals surface area contributed by atoms with Crippen LogP contribution in [0, 0.1) is 5.82 Å². The molecule has 24 heavy (non-hydrogen) atoms. The Morgan fingerprint density at radius 2 is 1.83 bits per heavy atom. The molecule has 0 amide bonds. The number of fused-ring (bicyclic) bond motifs is 1. The van der Waals surface area contributed by atoms with Crippen molar-refractivity contribution < 1.29 is 14.3 Å². The maximum atomic E-state index is 13.2. The number of carbonyl (C=O) groups is 1. The molecule has 2 heterocycles. The lowest BCUT2D eigenvalue weighted by atomic mass is 10.0. The number of nitrogens with zero attached hydrogens (tertiary/aromatic N) is 2. The fourth-order valence-corrected chi connectivity index (χ4v) is 2.92. The van der Waals surface area contributed by atoms with E-state index in [1.807, 2.05) is 6.07 Å². The highest BCUT2D eigenvalue weighted by atomic mass is 19.1. The number of rotatable bonds is 3. The Balaban J connectivity index is 1.92. The van der Waals surface area contributed by atoms with E-state index in [0.29, 0.717) is 0 Å².